The van der Waals surface area contributed by atoms with E-state index in [-0.39, 0.29) is 11.6 Å². The van der Waals surface area contributed by atoms with Crippen LogP contribution in [-0.2, 0) is 6.42 Å². The fourth-order valence-electron chi connectivity index (χ4n) is 3.14. The quantitative estimate of drug-likeness (QED) is 0.916. The largest absolute Gasteiger partial charge is 0.487 e. The van der Waals surface area contributed by atoms with Crippen molar-refractivity contribution in [2.24, 2.45) is 5.73 Å². The van der Waals surface area contributed by atoms with Crippen LogP contribution in [0.25, 0.3) is 0 Å². The zero-order valence-corrected chi connectivity index (χ0v) is 12.8. The Balaban J connectivity index is 1.76. The molecule has 0 aromatic heterocycles. The van der Waals surface area contributed by atoms with E-state index in [9.17, 15) is 0 Å². The van der Waals surface area contributed by atoms with Crippen LogP contribution in [0.1, 0.15) is 42.5 Å². The third-order valence-electron chi connectivity index (χ3n) is 4.36. The highest BCUT2D eigenvalue weighted by Gasteiger charge is 2.35. The average molecular weight is 281 g/mol. The molecule has 0 radical (unpaired) electrons. The zero-order valence-electron chi connectivity index (χ0n) is 12.8. The van der Waals surface area contributed by atoms with Gasteiger partial charge < -0.3 is 10.5 Å². The highest BCUT2D eigenvalue weighted by molar-refractivity contribution is 5.41. The first-order valence-corrected chi connectivity index (χ1v) is 7.65. The molecule has 3 rings (SSSR count). The van der Waals surface area contributed by atoms with Crippen molar-refractivity contribution in [3.05, 3.63) is 65.2 Å². The maximum Gasteiger partial charge on any atom is 0.124 e. The Bertz CT molecular complexity index is 623. The standard InChI is InChI=1S/C19H23NO/c1-14-8-9-18-16(12-14)17(20)13-19(2,21-18)11-10-15-6-4-3-5-7-15/h3-9,12,17H,10-11,13,20H2,1-2H3/t17-,19?/m0/s1. The smallest absolute Gasteiger partial charge is 0.124 e. The van der Waals surface area contributed by atoms with Gasteiger partial charge in [0.1, 0.15) is 11.4 Å². The number of fused-ring (bicyclic) bond motifs is 1. The fourth-order valence-corrected chi connectivity index (χ4v) is 3.14. The molecule has 2 atom stereocenters. The van der Waals surface area contributed by atoms with E-state index in [2.05, 4.69) is 62.4 Å². The first kappa shape index (κ1) is 14.2. The number of nitrogens with two attached hydrogens (primary N) is 1. The van der Waals surface area contributed by atoms with Gasteiger partial charge in [0.05, 0.1) is 0 Å². The van der Waals surface area contributed by atoms with Crippen molar-refractivity contribution in [1.82, 2.24) is 0 Å². The second-order valence-electron chi connectivity index (χ2n) is 6.39. The molecule has 0 amide bonds. The van der Waals surface area contributed by atoms with Crippen molar-refractivity contribution in [3.63, 3.8) is 0 Å². The van der Waals surface area contributed by atoms with Crippen LogP contribution in [0.3, 0.4) is 0 Å². The van der Waals surface area contributed by atoms with Crippen molar-refractivity contribution in [3.8, 4) is 5.75 Å². The van der Waals surface area contributed by atoms with Crippen LogP contribution in [0.5, 0.6) is 5.75 Å². The van der Waals surface area contributed by atoms with E-state index in [0.29, 0.717) is 0 Å². The van der Waals surface area contributed by atoms with Crippen molar-refractivity contribution in [2.45, 2.75) is 44.8 Å². The summed E-state index contributed by atoms with van der Waals surface area (Å²) < 4.78 is 6.29. The minimum Gasteiger partial charge on any atom is -0.487 e. The number of aryl methyl sites for hydroxylation is 2. The van der Waals surface area contributed by atoms with E-state index in [0.717, 1.165) is 30.6 Å². The molecular formula is C19H23NO. The summed E-state index contributed by atoms with van der Waals surface area (Å²) in [5.74, 6) is 0.954. The van der Waals surface area contributed by atoms with Crippen LogP contribution in [0, 0.1) is 6.92 Å². The third kappa shape index (κ3) is 3.11. The Hall–Kier alpha value is -1.80. The first-order valence-electron chi connectivity index (χ1n) is 7.65. The molecule has 1 aliphatic heterocycles. The van der Waals surface area contributed by atoms with E-state index in [1.165, 1.54) is 11.1 Å². The van der Waals surface area contributed by atoms with Gasteiger partial charge in [0.25, 0.3) is 0 Å². The molecule has 0 aliphatic carbocycles. The molecule has 1 heterocycles. The molecule has 0 fully saturated rings. The molecule has 1 unspecified atom stereocenters. The van der Waals surface area contributed by atoms with Crippen molar-refractivity contribution in [1.29, 1.82) is 0 Å². The maximum atomic E-state index is 6.38. The molecular weight excluding hydrogens is 258 g/mol. The van der Waals surface area contributed by atoms with E-state index in [1.54, 1.807) is 0 Å². The number of hydrogen-bond acceptors (Lipinski definition) is 2. The summed E-state index contributed by atoms with van der Waals surface area (Å²) in [6.45, 7) is 4.27. The second-order valence-corrected chi connectivity index (χ2v) is 6.39. The molecule has 1 aliphatic rings. The number of ether oxygens (including phenoxy) is 1. The molecule has 0 saturated heterocycles. The normalized spacial score (nSPS) is 24.2. The predicted octanol–water partition coefficient (Wildman–Crippen LogP) is 4.17. The molecule has 21 heavy (non-hydrogen) atoms. The van der Waals surface area contributed by atoms with Crippen LogP contribution in [0.15, 0.2) is 48.5 Å². The van der Waals surface area contributed by atoms with Gasteiger partial charge >= 0.3 is 0 Å². The Labute approximate surface area is 126 Å². The van der Waals surface area contributed by atoms with E-state index in [4.69, 9.17) is 10.5 Å². The molecule has 2 N–H and O–H groups in total. The lowest BCUT2D eigenvalue weighted by molar-refractivity contribution is 0.0458. The highest BCUT2D eigenvalue weighted by Crippen LogP contribution is 2.40. The lowest BCUT2D eigenvalue weighted by Gasteiger charge is -2.39. The zero-order chi connectivity index (χ0) is 14.9. The summed E-state index contributed by atoms with van der Waals surface area (Å²) >= 11 is 0. The van der Waals surface area contributed by atoms with Crippen LogP contribution in [0.4, 0.5) is 0 Å². The maximum absolute atomic E-state index is 6.38. The van der Waals surface area contributed by atoms with E-state index >= 15 is 0 Å². The second kappa shape index (κ2) is 5.53. The van der Waals surface area contributed by atoms with Crippen LogP contribution in [-0.4, -0.2) is 5.60 Å². The summed E-state index contributed by atoms with van der Waals surface area (Å²) in [7, 11) is 0. The lowest BCUT2D eigenvalue weighted by Crippen LogP contribution is -2.40. The van der Waals surface area contributed by atoms with Gasteiger partial charge in [-0.1, -0.05) is 48.0 Å². The molecule has 0 saturated carbocycles. The third-order valence-corrected chi connectivity index (χ3v) is 4.36. The Morgan fingerprint density at radius 1 is 1.19 bits per heavy atom. The number of benzene rings is 2. The van der Waals surface area contributed by atoms with Gasteiger partial charge in [-0.05, 0) is 38.3 Å². The van der Waals surface area contributed by atoms with E-state index < -0.39 is 0 Å². The van der Waals surface area contributed by atoms with Gasteiger partial charge in [-0.25, -0.2) is 0 Å². The summed E-state index contributed by atoms with van der Waals surface area (Å²) in [6.07, 6.45) is 2.87. The summed E-state index contributed by atoms with van der Waals surface area (Å²) in [4.78, 5) is 0. The van der Waals surface area contributed by atoms with Gasteiger partial charge in [0, 0.05) is 18.0 Å². The number of rotatable bonds is 3. The monoisotopic (exact) mass is 281 g/mol. The van der Waals surface area contributed by atoms with Crippen LogP contribution < -0.4 is 10.5 Å². The molecule has 2 aromatic carbocycles. The van der Waals surface area contributed by atoms with Gasteiger partial charge in [0.15, 0.2) is 0 Å². The minimum absolute atomic E-state index is 0.0643. The lowest BCUT2D eigenvalue weighted by atomic mass is 9.84. The predicted molar refractivity (Wildman–Crippen MR) is 86.5 cm³/mol. The SMILES string of the molecule is Cc1ccc2c(c1)[C@@H](N)CC(C)(CCc1ccccc1)O2. The van der Waals surface area contributed by atoms with Crippen molar-refractivity contribution < 1.29 is 4.74 Å². The fraction of sp³-hybridized carbons (Fsp3) is 0.368. The number of hydrogen-bond donors (Lipinski definition) is 1. The molecule has 0 bridgehead atoms. The van der Waals surface area contributed by atoms with Crippen LogP contribution in [0.2, 0.25) is 0 Å². The van der Waals surface area contributed by atoms with Crippen molar-refractivity contribution >= 4 is 0 Å². The van der Waals surface area contributed by atoms with Crippen molar-refractivity contribution in [2.75, 3.05) is 0 Å². The molecule has 110 valence electrons. The van der Waals surface area contributed by atoms with Gasteiger partial charge in [-0.2, -0.15) is 0 Å². The highest BCUT2D eigenvalue weighted by atomic mass is 16.5. The van der Waals surface area contributed by atoms with Crippen LogP contribution >= 0.6 is 0 Å². The van der Waals surface area contributed by atoms with Gasteiger partial charge in [0.2, 0.25) is 0 Å². The van der Waals surface area contributed by atoms with Gasteiger partial charge in [-0.3, -0.25) is 0 Å². The van der Waals surface area contributed by atoms with Gasteiger partial charge in [-0.15, -0.1) is 0 Å². The molecule has 2 aromatic rings. The Kier molecular flexibility index (Phi) is 3.73. The van der Waals surface area contributed by atoms with E-state index in [1.807, 2.05) is 0 Å². The molecule has 2 heteroatoms. The molecule has 2 nitrogen and oxygen atoms in total. The topological polar surface area (TPSA) is 35.2 Å². The molecule has 0 spiro atoms. The average Bonchev–Trinajstić information content (AvgIpc) is 2.47. The Morgan fingerprint density at radius 2 is 1.95 bits per heavy atom. The first-order chi connectivity index (χ1) is 10.1. The Morgan fingerprint density at radius 3 is 2.71 bits per heavy atom. The summed E-state index contributed by atoms with van der Waals surface area (Å²) in [5, 5.41) is 0. The summed E-state index contributed by atoms with van der Waals surface area (Å²) in [6, 6.07) is 16.9. The minimum atomic E-state index is -0.183. The summed E-state index contributed by atoms with van der Waals surface area (Å²) in [5.41, 5.74) is 9.93.